The summed E-state index contributed by atoms with van der Waals surface area (Å²) in [7, 11) is 0. The Hall–Kier alpha value is -1.02. The van der Waals surface area contributed by atoms with Gasteiger partial charge in [0.25, 0.3) is 5.91 Å². The largest absolute Gasteiger partial charge is 0.342 e. The molecule has 2 atom stereocenters. The molecule has 2 unspecified atom stereocenters. The number of hydrogen-bond acceptors (Lipinski definition) is 5. The fraction of sp³-hybridized carbons (Fsp3) is 0.611. The smallest absolute Gasteiger partial charge is 0.256 e. The summed E-state index contributed by atoms with van der Waals surface area (Å²) in [6, 6.07) is 3.58. The molecular formula is C18H28Cl2N4O2S. The molecule has 2 N–H and O–H groups in total. The van der Waals surface area contributed by atoms with E-state index >= 15 is 0 Å². The molecule has 0 aromatic carbocycles. The Morgan fingerprint density at radius 2 is 1.96 bits per heavy atom. The maximum atomic E-state index is 12.9. The number of pyridine rings is 1. The Balaban J connectivity index is 0.00000182. The van der Waals surface area contributed by atoms with E-state index in [9.17, 15) is 9.59 Å². The van der Waals surface area contributed by atoms with E-state index in [0.29, 0.717) is 29.6 Å². The third-order valence-corrected chi connectivity index (χ3v) is 6.07. The number of hydrogen-bond donors (Lipinski definition) is 1. The first-order valence-corrected chi connectivity index (χ1v) is 9.88. The van der Waals surface area contributed by atoms with Crippen molar-refractivity contribution in [2.45, 2.75) is 36.5 Å². The molecule has 0 radical (unpaired) electrons. The third kappa shape index (κ3) is 5.73. The van der Waals surface area contributed by atoms with Gasteiger partial charge in [-0.15, -0.1) is 24.8 Å². The number of thioether (sulfide) groups is 1. The molecule has 6 nitrogen and oxygen atoms in total. The molecular weight excluding hydrogens is 407 g/mol. The standard InChI is InChI=1S/C18H26N4O2S.2ClH/c1-13(17(23)21-8-2-3-9-21)25-16-15(5-4-7-20-16)18(24)22-10-6-14(11-19)12-22;;/h4-5,7,13-14H,2-3,6,8-12,19H2,1H3;2*1H. The van der Waals surface area contributed by atoms with Gasteiger partial charge in [0.2, 0.25) is 5.91 Å². The molecule has 2 aliphatic heterocycles. The van der Waals surface area contributed by atoms with E-state index in [0.717, 1.165) is 38.9 Å². The maximum absolute atomic E-state index is 12.9. The number of amides is 2. The minimum absolute atomic E-state index is 0. The molecule has 1 aromatic heterocycles. The van der Waals surface area contributed by atoms with Gasteiger partial charge in [-0.2, -0.15) is 0 Å². The summed E-state index contributed by atoms with van der Waals surface area (Å²) in [5.41, 5.74) is 6.32. The highest BCUT2D eigenvalue weighted by atomic mass is 35.5. The van der Waals surface area contributed by atoms with Crippen LogP contribution in [0, 0.1) is 5.92 Å². The highest BCUT2D eigenvalue weighted by Crippen LogP contribution is 2.28. The van der Waals surface area contributed by atoms with Gasteiger partial charge in [0.05, 0.1) is 10.8 Å². The summed E-state index contributed by atoms with van der Waals surface area (Å²) in [5, 5.41) is 0.402. The fourth-order valence-corrected chi connectivity index (χ4v) is 4.43. The number of nitrogens with zero attached hydrogens (tertiary/aromatic N) is 3. The molecule has 2 saturated heterocycles. The van der Waals surface area contributed by atoms with Crippen molar-refractivity contribution in [2.24, 2.45) is 11.7 Å². The van der Waals surface area contributed by atoms with Gasteiger partial charge < -0.3 is 15.5 Å². The third-order valence-electron chi connectivity index (χ3n) is 4.96. The van der Waals surface area contributed by atoms with E-state index in [2.05, 4.69) is 4.98 Å². The predicted octanol–water partition coefficient (Wildman–Crippen LogP) is 2.45. The highest BCUT2D eigenvalue weighted by Gasteiger charge is 2.29. The van der Waals surface area contributed by atoms with Gasteiger partial charge in [-0.1, -0.05) is 11.8 Å². The number of carbonyl (C=O) groups excluding carboxylic acids is 2. The lowest BCUT2D eigenvalue weighted by molar-refractivity contribution is -0.129. The van der Waals surface area contributed by atoms with Gasteiger partial charge in [-0.3, -0.25) is 9.59 Å². The molecule has 0 bridgehead atoms. The van der Waals surface area contributed by atoms with Crippen LogP contribution in [-0.4, -0.2) is 64.6 Å². The van der Waals surface area contributed by atoms with Gasteiger partial charge in [-0.25, -0.2) is 4.98 Å². The van der Waals surface area contributed by atoms with Crippen molar-refractivity contribution >= 4 is 48.4 Å². The summed E-state index contributed by atoms with van der Waals surface area (Å²) in [4.78, 5) is 33.6. The number of carbonyl (C=O) groups is 2. The first-order chi connectivity index (χ1) is 12.1. The number of halogens is 2. The summed E-state index contributed by atoms with van der Waals surface area (Å²) >= 11 is 1.38. The van der Waals surface area contributed by atoms with Gasteiger partial charge in [0.15, 0.2) is 0 Å². The molecule has 27 heavy (non-hydrogen) atoms. The first kappa shape index (κ1) is 24.0. The second kappa shape index (κ2) is 11.1. The van der Waals surface area contributed by atoms with Crippen LogP contribution in [0.1, 0.15) is 36.5 Å². The fourth-order valence-electron chi connectivity index (χ4n) is 3.44. The van der Waals surface area contributed by atoms with E-state index in [1.807, 2.05) is 16.7 Å². The lowest BCUT2D eigenvalue weighted by Gasteiger charge is -2.21. The van der Waals surface area contributed by atoms with Crippen molar-refractivity contribution in [3.8, 4) is 0 Å². The number of aromatic nitrogens is 1. The maximum Gasteiger partial charge on any atom is 0.256 e. The zero-order valence-electron chi connectivity index (χ0n) is 15.5. The van der Waals surface area contributed by atoms with Crippen LogP contribution in [0.25, 0.3) is 0 Å². The SMILES string of the molecule is CC(Sc1ncccc1C(=O)N1CCC(CN)C1)C(=O)N1CCCC1.Cl.Cl. The van der Waals surface area contributed by atoms with Crippen LogP contribution in [0.4, 0.5) is 0 Å². The molecule has 2 amide bonds. The molecule has 0 spiro atoms. The van der Waals surface area contributed by atoms with Crippen molar-refractivity contribution in [2.75, 3.05) is 32.7 Å². The van der Waals surface area contributed by atoms with Crippen LogP contribution >= 0.6 is 36.6 Å². The predicted molar refractivity (Wildman–Crippen MR) is 113 cm³/mol. The molecule has 2 aliphatic rings. The van der Waals surface area contributed by atoms with Crippen LogP contribution in [-0.2, 0) is 4.79 Å². The van der Waals surface area contributed by atoms with Crippen molar-refractivity contribution in [3.63, 3.8) is 0 Å². The Bertz CT molecular complexity index is 644. The van der Waals surface area contributed by atoms with Crippen LogP contribution < -0.4 is 5.73 Å². The minimum atomic E-state index is -0.241. The lowest BCUT2D eigenvalue weighted by Crippen LogP contribution is -2.34. The quantitative estimate of drug-likeness (QED) is 0.719. The Kier molecular flexibility index (Phi) is 9.87. The molecule has 0 aliphatic carbocycles. The first-order valence-electron chi connectivity index (χ1n) is 9.00. The Morgan fingerprint density at radius 1 is 1.26 bits per heavy atom. The van der Waals surface area contributed by atoms with Crippen LogP contribution in [0.3, 0.4) is 0 Å². The average molecular weight is 435 g/mol. The number of likely N-dealkylation sites (tertiary alicyclic amines) is 2. The second-order valence-electron chi connectivity index (χ2n) is 6.79. The topological polar surface area (TPSA) is 79.5 Å². The summed E-state index contributed by atoms with van der Waals surface area (Å²) < 4.78 is 0. The normalized spacial score (nSPS) is 20.0. The van der Waals surface area contributed by atoms with Crippen molar-refractivity contribution in [1.82, 2.24) is 14.8 Å². The monoisotopic (exact) mass is 434 g/mol. The van der Waals surface area contributed by atoms with Crippen LogP contribution in [0.2, 0.25) is 0 Å². The Morgan fingerprint density at radius 3 is 2.59 bits per heavy atom. The van der Waals surface area contributed by atoms with E-state index in [4.69, 9.17) is 5.73 Å². The molecule has 0 saturated carbocycles. The molecule has 152 valence electrons. The molecule has 1 aromatic rings. The average Bonchev–Trinajstić information content (AvgIpc) is 3.32. The highest BCUT2D eigenvalue weighted by molar-refractivity contribution is 8.00. The zero-order valence-corrected chi connectivity index (χ0v) is 18.0. The Labute approximate surface area is 177 Å². The van der Waals surface area contributed by atoms with Gasteiger partial charge in [0.1, 0.15) is 5.03 Å². The van der Waals surface area contributed by atoms with E-state index in [-0.39, 0.29) is 41.9 Å². The minimum Gasteiger partial charge on any atom is -0.342 e. The molecule has 3 rings (SSSR count). The van der Waals surface area contributed by atoms with Gasteiger partial charge in [-0.05, 0) is 50.8 Å². The lowest BCUT2D eigenvalue weighted by atomic mass is 10.1. The van der Waals surface area contributed by atoms with Crippen molar-refractivity contribution in [1.29, 1.82) is 0 Å². The molecule has 3 heterocycles. The number of rotatable bonds is 5. The van der Waals surface area contributed by atoms with E-state index in [1.165, 1.54) is 11.8 Å². The van der Waals surface area contributed by atoms with Crippen molar-refractivity contribution < 1.29 is 9.59 Å². The summed E-state index contributed by atoms with van der Waals surface area (Å²) in [5.74, 6) is 0.510. The summed E-state index contributed by atoms with van der Waals surface area (Å²) in [6.07, 6.45) is 4.79. The summed E-state index contributed by atoms with van der Waals surface area (Å²) in [6.45, 7) is 5.63. The second-order valence-corrected chi connectivity index (χ2v) is 8.12. The number of nitrogens with two attached hydrogens (primary N) is 1. The van der Waals surface area contributed by atoms with Gasteiger partial charge >= 0.3 is 0 Å². The molecule has 2 fully saturated rings. The van der Waals surface area contributed by atoms with Crippen molar-refractivity contribution in [3.05, 3.63) is 23.9 Å². The van der Waals surface area contributed by atoms with Gasteiger partial charge in [0, 0.05) is 32.4 Å². The van der Waals surface area contributed by atoms with Crippen LogP contribution in [0.5, 0.6) is 0 Å². The zero-order chi connectivity index (χ0) is 17.8. The molecule has 9 heteroatoms. The van der Waals surface area contributed by atoms with E-state index < -0.39 is 0 Å². The van der Waals surface area contributed by atoms with E-state index in [1.54, 1.807) is 18.3 Å². The van der Waals surface area contributed by atoms with Crippen LogP contribution in [0.15, 0.2) is 23.4 Å².